The summed E-state index contributed by atoms with van der Waals surface area (Å²) in [6.45, 7) is 0. The van der Waals surface area contributed by atoms with Gasteiger partial charge in [0.05, 0.1) is 0 Å². The first-order chi connectivity index (χ1) is 3.46. The van der Waals surface area contributed by atoms with Gasteiger partial charge in [-0.2, -0.15) is 0 Å². The van der Waals surface area contributed by atoms with Crippen molar-refractivity contribution in [2.45, 2.75) is 0 Å². The van der Waals surface area contributed by atoms with E-state index in [9.17, 15) is 0 Å². The Morgan fingerprint density at radius 3 is 0.800 bits per heavy atom. The maximum absolute atomic E-state index is 8.44. The van der Waals surface area contributed by atoms with E-state index in [1.807, 2.05) is 0 Å². The van der Waals surface area contributed by atoms with Gasteiger partial charge < -0.3 is 18.2 Å². The van der Waals surface area contributed by atoms with Crippen LogP contribution in [0.15, 0.2) is 0 Å². The van der Waals surface area contributed by atoms with E-state index in [4.69, 9.17) is 26.6 Å². The summed E-state index contributed by atoms with van der Waals surface area (Å²) < 4.78 is 50.7. The van der Waals surface area contributed by atoms with Crippen LogP contribution in [0.4, 0.5) is 0 Å². The van der Waals surface area contributed by atoms with Crippen molar-refractivity contribution in [2.75, 3.05) is 0 Å². The Labute approximate surface area is 119 Å². The molecule has 0 fully saturated rings. The minimum Gasteiger partial charge on any atom is -0.784 e. The van der Waals surface area contributed by atoms with Gasteiger partial charge in [-0.15, -0.1) is 22.7 Å². The van der Waals surface area contributed by atoms with Crippen LogP contribution in [-0.2, 0) is 42.8 Å². The van der Waals surface area contributed by atoms with Crippen molar-refractivity contribution in [1.29, 1.82) is 0 Å². The monoisotopic (exact) mass is 392 g/mol. The van der Waals surface area contributed by atoms with E-state index >= 15 is 0 Å². The molecule has 0 saturated heterocycles. The summed E-state index contributed by atoms with van der Waals surface area (Å²) in [5, 5.41) is 0. The molecule has 0 saturated carbocycles. The first-order valence-electron chi connectivity index (χ1n) is 1.00. The van der Waals surface area contributed by atoms with Crippen molar-refractivity contribution >= 4 is 22.7 Å². The average molecular weight is 391 g/mol. The Morgan fingerprint density at radius 1 is 0.800 bits per heavy atom. The second-order valence-corrected chi connectivity index (χ2v) is 1.22. The van der Waals surface area contributed by atoms with Crippen molar-refractivity contribution in [1.82, 2.24) is 0 Å². The van der Waals surface area contributed by atoms with Gasteiger partial charge in [-0.25, -0.2) is 0 Å². The molecule has 0 aromatic rings. The Kier molecular flexibility index (Phi) is 40.0. The first-order valence-corrected chi connectivity index (χ1v) is 3.00. The molecule has 0 aliphatic heterocycles. The van der Waals surface area contributed by atoms with Gasteiger partial charge in [-0.05, 0) is 0 Å². The van der Waals surface area contributed by atoms with Gasteiger partial charge >= 0.3 is 71.5 Å². The summed E-state index contributed by atoms with van der Waals surface area (Å²) in [4.78, 5) is 0. The second-order valence-electron chi connectivity index (χ2n) is 0.408. The molecule has 6 nitrogen and oxygen atoms in total. The van der Waals surface area contributed by atoms with E-state index in [1.54, 1.807) is 0 Å². The third-order valence-corrected chi connectivity index (χ3v) is 0. The fourth-order valence-electron chi connectivity index (χ4n) is 0. The van der Waals surface area contributed by atoms with Gasteiger partial charge in [0.15, 0.2) is 0 Å². The largest absolute Gasteiger partial charge is 3.00 e. The van der Waals surface area contributed by atoms with Crippen molar-refractivity contribution in [2.24, 2.45) is 0 Å². The van der Waals surface area contributed by atoms with Crippen LogP contribution in [0.25, 0.3) is 0 Å². The van der Waals surface area contributed by atoms with Gasteiger partial charge in [0.2, 0.25) is 0 Å². The predicted molar refractivity (Wildman–Crippen MR) is 19.4 cm³/mol. The molecule has 0 amide bonds. The molecule has 0 N–H and O–H groups in total. The summed E-state index contributed by atoms with van der Waals surface area (Å²) >= 11 is -6.22. The van der Waals surface area contributed by atoms with Crippen LogP contribution in [0.5, 0.6) is 0 Å². The molecule has 0 bridgehead atoms. The molecule has 0 aliphatic rings. The number of hydrogen-bond donors (Lipinski definition) is 0. The molecule has 0 radical (unpaired) electrons. The molecule has 0 rings (SSSR count). The molecule has 0 unspecified atom stereocenters. The van der Waals surface area contributed by atoms with Gasteiger partial charge in [-0.3, -0.25) is 8.42 Å². The van der Waals surface area contributed by atoms with Crippen LogP contribution in [0.2, 0.25) is 0 Å². The van der Waals surface area contributed by atoms with E-state index in [1.165, 1.54) is 0 Å². The standard InChI is InChI=1S/Ir.K.2H2O3S/c;;2*1-4(2)3/h;;2*(H2,1,2,3)/q+3;+1;;/p-4. The van der Waals surface area contributed by atoms with Crippen LogP contribution in [0.3, 0.4) is 0 Å². The van der Waals surface area contributed by atoms with E-state index in [0.717, 1.165) is 0 Å². The second kappa shape index (κ2) is 17.5. The average Bonchev–Trinajstić information content (AvgIpc) is 1.25. The molecule has 0 aliphatic carbocycles. The number of rotatable bonds is 0. The van der Waals surface area contributed by atoms with E-state index in [0.29, 0.717) is 0 Å². The first kappa shape index (κ1) is 22.8. The zero-order valence-electron chi connectivity index (χ0n) is 4.60. The van der Waals surface area contributed by atoms with Crippen molar-refractivity contribution < 1.29 is 98.1 Å². The van der Waals surface area contributed by atoms with Crippen molar-refractivity contribution in [3.8, 4) is 0 Å². The Hall–Kier alpha value is 2.43. The third kappa shape index (κ3) is 157. The summed E-state index contributed by atoms with van der Waals surface area (Å²) in [5.74, 6) is 0. The van der Waals surface area contributed by atoms with Gasteiger partial charge in [0.25, 0.3) is 0 Å². The minimum atomic E-state index is -3.11. The fraction of sp³-hybridized carbons (Fsp3) is 0. The van der Waals surface area contributed by atoms with Crippen LogP contribution in [0, 0.1) is 0 Å². The van der Waals surface area contributed by atoms with Crippen LogP contribution in [-0.4, -0.2) is 26.6 Å². The third-order valence-electron chi connectivity index (χ3n) is 0. The molecular weight excluding hydrogens is 391 g/mol. The van der Waals surface area contributed by atoms with Gasteiger partial charge in [-0.1, -0.05) is 0 Å². The quantitative estimate of drug-likeness (QED) is 0.301. The zero-order valence-corrected chi connectivity index (χ0v) is 11.8. The molecule has 0 atom stereocenters. The summed E-state index contributed by atoms with van der Waals surface area (Å²) in [6.07, 6.45) is 0. The molecule has 0 aromatic heterocycles. The van der Waals surface area contributed by atoms with Crippen LogP contribution in [0.1, 0.15) is 0 Å². The molecular formula is IrKO6S2. The van der Waals surface area contributed by atoms with Crippen LogP contribution < -0.4 is 51.4 Å². The van der Waals surface area contributed by atoms with Gasteiger partial charge in [0.1, 0.15) is 0 Å². The van der Waals surface area contributed by atoms with Crippen molar-refractivity contribution in [3.05, 3.63) is 0 Å². The Bertz CT molecular complexity index is 73.7. The van der Waals surface area contributed by atoms with E-state index in [-0.39, 0.29) is 71.5 Å². The fourth-order valence-corrected chi connectivity index (χ4v) is 0. The summed E-state index contributed by atoms with van der Waals surface area (Å²) in [5.41, 5.74) is 0. The molecule has 0 aromatic carbocycles. The Balaban J connectivity index is -0.0000000300. The summed E-state index contributed by atoms with van der Waals surface area (Å²) in [6, 6.07) is 0. The smallest absolute Gasteiger partial charge is 0.784 e. The maximum atomic E-state index is 8.44. The summed E-state index contributed by atoms with van der Waals surface area (Å²) in [7, 11) is 0. The van der Waals surface area contributed by atoms with E-state index < -0.39 is 22.7 Å². The van der Waals surface area contributed by atoms with Gasteiger partial charge in [0, 0.05) is 0 Å². The topological polar surface area (TPSA) is 126 Å². The SMILES string of the molecule is O=S([O-])[O-].O=S([O-])[O-].[Ir+3].[K+]. The Morgan fingerprint density at radius 2 is 0.800 bits per heavy atom. The number of hydrogen-bond acceptors (Lipinski definition) is 6. The maximum Gasteiger partial charge on any atom is 3.00 e. The van der Waals surface area contributed by atoms with E-state index in [2.05, 4.69) is 0 Å². The molecule has 58 valence electrons. The normalized spacial score (nSPS) is 7.00. The predicted octanol–water partition coefficient (Wildman–Crippen LogP) is -5.01. The molecule has 10 heavy (non-hydrogen) atoms. The van der Waals surface area contributed by atoms with Crippen molar-refractivity contribution in [3.63, 3.8) is 0 Å². The molecule has 0 spiro atoms. The minimum absolute atomic E-state index is 0. The molecule has 0 heterocycles. The molecule has 10 heteroatoms. The van der Waals surface area contributed by atoms with Crippen LogP contribution >= 0.6 is 0 Å². The zero-order chi connectivity index (χ0) is 7.15.